The normalized spacial score (nSPS) is 16.9. The molecule has 0 radical (unpaired) electrons. The lowest BCUT2D eigenvalue weighted by Gasteiger charge is -2.35. The molecule has 1 aliphatic carbocycles. The summed E-state index contributed by atoms with van der Waals surface area (Å²) in [5, 5.41) is 9.78. The molecular weight excluding hydrogens is 465 g/mol. The first-order valence-corrected chi connectivity index (χ1v) is 13.4. The third-order valence-corrected chi connectivity index (χ3v) is 7.64. The standard InChI is InChI=1S/C30H39F3O3/c1-3-5-6-10-19-36-26-18-17-25(27(31)28(26)32)23-15-13-22(14-16-23)21(4-2)20-30(33,29(34)35)24-11-8-7-9-12-24/h13-18,21,24H,3-12,19-20H2,1-2H3,(H,34,35)/t21?,30-/m0/s1. The van der Waals surface area contributed by atoms with Crippen molar-refractivity contribution in [1.29, 1.82) is 0 Å². The molecule has 36 heavy (non-hydrogen) atoms. The monoisotopic (exact) mass is 504 g/mol. The first-order chi connectivity index (χ1) is 17.3. The van der Waals surface area contributed by atoms with E-state index in [1.807, 2.05) is 6.92 Å². The van der Waals surface area contributed by atoms with Crippen molar-refractivity contribution < 1.29 is 27.8 Å². The van der Waals surface area contributed by atoms with Gasteiger partial charge in [0.15, 0.2) is 11.6 Å². The van der Waals surface area contributed by atoms with Gasteiger partial charge in [0, 0.05) is 11.5 Å². The maximum atomic E-state index is 15.8. The van der Waals surface area contributed by atoms with E-state index in [1.165, 1.54) is 12.1 Å². The van der Waals surface area contributed by atoms with E-state index in [0.29, 0.717) is 31.4 Å². The van der Waals surface area contributed by atoms with Crippen LogP contribution in [-0.2, 0) is 4.79 Å². The number of carbonyl (C=O) groups is 1. The molecule has 6 heteroatoms. The molecule has 1 aliphatic rings. The summed E-state index contributed by atoms with van der Waals surface area (Å²) in [6.07, 6.45) is 8.38. The van der Waals surface area contributed by atoms with Crippen molar-refractivity contribution in [3.63, 3.8) is 0 Å². The predicted octanol–water partition coefficient (Wildman–Crippen LogP) is 8.85. The Labute approximate surface area is 213 Å². The van der Waals surface area contributed by atoms with E-state index in [4.69, 9.17) is 4.74 Å². The number of aliphatic carboxylic acids is 1. The van der Waals surface area contributed by atoms with Crippen LogP contribution in [0.25, 0.3) is 11.1 Å². The number of halogens is 3. The highest BCUT2D eigenvalue weighted by atomic mass is 19.2. The fraction of sp³-hybridized carbons (Fsp3) is 0.567. The highest BCUT2D eigenvalue weighted by molar-refractivity contribution is 5.78. The molecule has 2 aromatic rings. The maximum Gasteiger partial charge on any atom is 0.341 e. The zero-order chi connectivity index (χ0) is 26.1. The minimum atomic E-state index is -2.26. The van der Waals surface area contributed by atoms with E-state index in [2.05, 4.69) is 6.92 Å². The van der Waals surface area contributed by atoms with Gasteiger partial charge in [0.1, 0.15) is 0 Å². The Hall–Kier alpha value is -2.50. The van der Waals surface area contributed by atoms with Crippen LogP contribution in [0.1, 0.15) is 96.0 Å². The lowest BCUT2D eigenvalue weighted by molar-refractivity contribution is -0.157. The molecule has 0 amide bonds. The molecule has 1 saturated carbocycles. The Morgan fingerprint density at radius 2 is 1.69 bits per heavy atom. The Morgan fingerprint density at radius 1 is 1.00 bits per heavy atom. The van der Waals surface area contributed by atoms with Gasteiger partial charge in [-0.15, -0.1) is 0 Å². The van der Waals surface area contributed by atoms with Crippen LogP contribution in [0.3, 0.4) is 0 Å². The summed E-state index contributed by atoms with van der Waals surface area (Å²) >= 11 is 0. The molecule has 2 aromatic carbocycles. The molecule has 3 nitrogen and oxygen atoms in total. The Morgan fingerprint density at radius 3 is 2.31 bits per heavy atom. The molecule has 0 saturated heterocycles. The van der Waals surface area contributed by atoms with Gasteiger partial charge in [-0.1, -0.05) is 76.6 Å². The van der Waals surface area contributed by atoms with Crippen LogP contribution in [0.2, 0.25) is 0 Å². The smallest absolute Gasteiger partial charge is 0.341 e. The van der Waals surface area contributed by atoms with Crippen LogP contribution in [0.5, 0.6) is 5.75 Å². The van der Waals surface area contributed by atoms with Crippen LogP contribution in [0, 0.1) is 17.6 Å². The van der Waals surface area contributed by atoms with Crippen molar-refractivity contribution in [2.75, 3.05) is 6.61 Å². The first-order valence-electron chi connectivity index (χ1n) is 13.4. The highest BCUT2D eigenvalue weighted by Crippen LogP contribution is 2.43. The Bertz CT molecular complexity index is 986. The average molecular weight is 505 g/mol. The van der Waals surface area contributed by atoms with Crippen molar-refractivity contribution in [2.24, 2.45) is 5.92 Å². The molecule has 3 rings (SSSR count). The summed E-state index contributed by atoms with van der Waals surface area (Å²) in [6.45, 7) is 4.36. The second-order valence-corrected chi connectivity index (χ2v) is 10.1. The van der Waals surface area contributed by atoms with Crippen LogP contribution in [0.15, 0.2) is 36.4 Å². The van der Waals surface area contributed by atoms with Crippen LogP contribution in [-0.4, -0.2) is 23.4 Å². The van der Waals surface area contributed by atoms with Crippen molar-refractivity contribution in [3.05, 3.63) is 53.6 Å². The topological polar surface area (TPSA) is 46.5 Å². The number of carboxylic acid groups (broad SMARTS) is 1. The van der Waals surface area contributed by atoms with E-state index in [9.17, 15) is 18.7 Å². The Kier molecular flexibility index (Phi) is 10.3. The average Bonchev–Trinajstić information content (AvgIpc) is 2.90. The lowest BCUT2D eigenvalue weighted by Crippen LogP contribution is -2.43. The maximum absolute atomic E-state index is 15.8. The van der Waals surface area contributed by atoms with E-state index >= 15 is 4.39 Å². The van der Waals surface area contributed by atoms with Crippen LogP contribution in [0.4, 0.5) is 13.2 Å². The molecule has 0 aliphatic heterocycles. The minimum absolute atomic E-state index is 0.0872. The highest BCUT2D eigenvalue weighted by Gasteiger charge is 2.48. The fourth-order valence-electron chi connectivity index (χ4n) is 5.36. The second kappa shape index (κ2) is 13.2. The van der Waals surface area contributed by atoms with Gasteiger partial charge in [-0.3, -0.25) is 0 Å². The van der Waals surface area contributed by atoms with Crippen molar-refractivity contribution >= 4 is 5.97 Å². The van der Waals surface area contributed by atoms with Gasteiger partial charge in [0.25, 0.3) is 0 Å². The number of hydrogen-bond donors (Lipinski definition) is 1. The van der Waals surface area contributed by atoms with Gasteiger partial charge in [0.2, 0.25) is 11.5 Å². The fourth-order valence-corrected chi connectivity index (χ4v) is 5.36. The number of alkyl halides is 1. The molecule has 0 spiro atoms. The SMILES string of the molecule is CCCCCCOc1ccc(-c2ccc(C(CC)C[C@@](F)(C(=O)O)C3CCCCC3)cc2)c(F)c1F. The molecule has 0 aromatic heterocycles. The molecule has 198 valence electrons. The Balaban J connectivity index is 1.74. The summed E-state index contributed by atoms with van der Waals surface area (Å²) in [6, 6.07) is 9.85. The summed E-state index contributed by atoms with van der Waals surface area (Å²) in [5.74, 6) is -4.20. The van der Waals surface area contributed by atoms with E-state index in [1.54, 1.807) is 24.3 Å². The summed E-state index contributed by atoms with van der Waals surface area (Å²) in [5.41, 5.74) is -0.843. The van der Waals surface area contributed by atoms with Gasteiger partial charge in [-0.25, -0.2) is 13.6 Å². The number of benzene rings is 2. The third-order valence-electron chi connectivity index (χ3n) is 7.64. The summed E-state index contributed by atoms with van der Waals surface area (Å²) in [4.78, 5) is 12.0. The van der Waals surface area contributed by atoms with Gasteiger partial charge in [-0.2, -0.15) is 4.39 Å². The zero-order valence-electron chi connectivity index (χ0n) is 21.5. The lowest BCUT2D eigenvalue weighted by atomic mass is 9.72. The summed E-state index contributed by atoms with van der Waals surface area (Å²) in [7, 11) is 0. The zero-order valence-corrected chi connectivity index (χ0v) is 21.5. The number of rotatable bonds is 13. The molecule has 1 fully saturated rings. The summed E-state index contributed by atoms with van der Waals surface area (Å²) < 4.78 is 50.8. The van der Waals surface area contributed by atoms with Crippen LogP contribution >= 0.6 is 0 Å². The number of carboxylic acids is 1. The number of unbranched alkanes of at least 4 members (excludes halogenated alkanes) is 3. The van der Waals surface area contributed by atoms with Crippen molar-refractivity contribution in [2.45, 2.75) is 96.1 Å². The van der Waals surface area contributed by atoms with Gasteiger partial charge < -0.3 is 9.84 Å². The van der Waals surface area contributed by atoms with Crippen molar-refractivity contribution in [1.82, 2.24) is 0 Å². The largest absolute Gasteiger partial charge is 0.490 e. The third kappa shape index (κ3) is 6.63. The predicted molar refractivity (Wildman–Crippen MR) is 137 cm³/mol. The molecule has 1 N–H and O–H groups in total. The van der Waals surface area contributed by atoms with Gasteiger partial charge in [-0.05, 0) is 61.3 Å². The van der Waals surface area contributed by atoms with Crippen molar-refractivity contribution in [3.8, 4) is 16.9 Å². The van der Waals surface area contributed by atoms with Crippen LogP contribution < -0.4 is 4.74 Å². The molecule has 0 bridgehead atoms. The van der Waals surface area contributed by atoms with Gasteiger partial charge >= 0.3 is 5.97 Å². The van der Waals surface area contributed by atoms with E-state index in [-0.39, 0.29) is 23.7 Å². The minimum Gasteiger partial charge on any atom is -0.490 e. The molecular formula is C30H39F3O3. The number of ether oxygens (including phenoxy) is 1. The molecule has 1 unspecified atom stereocenters. The molecule has 0 heterocycles. The first kappa shape index (κ1) is 28.1. The molecule has 2 atom stereocenters. The quantitative estimate of drug-likeness (QED) is 0.277. The van der Waals surface area contributed by atoms with E-state index in [0.717, 1.165) is 50.5 Å². The second-order valence-electron chi connectivity index (χ2n) is 10.1. The van der Waals surface area contributed by atoms with Gasteiger partial charge in [0.05, 0.1) is 6.61 Å². The van der Waals surface area contributed by atoms with E-state index < -0.39 is 29.2 Å². The number of hydrogen-bond acceptors (Lipinski definition) is 2.